The van der Waals surface area contributed by atoms with Gasteiger partial charge in [-0.3, -0.25) is 9.59 Å². The van der Waals surface area contributed by atoms with Crippen LogP contribution in [0, 0.1) is 11.7 Å². The van der Waals surface area contributed by atoms with Gasteiger partial charge in [-0.1, -0.05) is 35.9 Å². The molecule has 0 aromatic heterocycles. The number of esters is 1. The molecule has 0 aliphatic heterocycles. The fourth-order valence-electron chi connectivity index (χ4n) is 3.62. The standard InChI is InChI=1S/C22H20ClFO4/c1-3-28-22(26)21-15(20-16(23)8-6-9-17(20)24)11-13(12-18(21)25)14-7-4-5-10-19(14)27-2/h4-10,12,15,21H,3,11H2,1-2H3/t15-,21-/m1/s1. The Morgan fingerprint density at radius 1 is 1.21 bits per heavy atom. The lowest BCUT2D eigenvalue weighted by Gasteiger charge is -2.30. The van der Waals surface area contributed by atoms with Crippen LogP contribution in [0.1, 0.15) is 30.4 Å². The van der Waals surface area contributed by atoms with Crippen LogP contribution in [0.25, 0.3) is 5.57 Å². The topological polar surface area (TPSA) is 52.6 Å². The summed E-state index contributed by atoms with van der Waals surface area (Å²) in [6.07, 6.45) is 1.67. The zero-order valence-electron chi connectivity index (χ0n) is 15.6. The Hall–Kier alpha value is -2.66. The van der Waals surface area contributed by atoms with Crippen LogP contribution in [0.15, 0.2) is 48.5 Å². The largest absolute Gasteiger partial charge is 0.496 e. The molecule has 6 heteroatoms. The fraction of sp³-hybridized carbons (Fsp3) is 0.273. The monoisotopic (exact) mass is 402 g/mol. The van der Waals surface area contributed by atoms with Gasteiger partial charge >= 0.3 is 5.97 Å². The zero-order chi connectivity index (χ0) is 20.3. The Morgan fingerprint density at radius 3 is 2.64 bits per heavy atom. The van der Waals surface area contributed by atoms with E-state index in [0.717, 1.165) is 5.56 Å². The lowest BCUT2D eigenvalue weighted by molar-refractivity contribution is -0.151. The molecule has 1 aliphatic carbocycles. The molecule has 0 radical (unpaired) electrons. The molecule has 2 aromatic rings. The van der Waals surface area contributed by atoms with Gasteiger partial charge in [0.15, 0.2) is 5.78 Å². The van der Waals surface area contributed by atoms with E-state index in [1.54, 1.807) is 19.1 Å². The van der Waals surface area contributed by atoms with E-state index in [9.17, 15) is 14.0 Å². The Labute approximate surface area is 167 Å². The number of rotatable bonds is 5. The summed E-state index contributed by atoms with van der Waals surface area (Å²) in [4.78, 5) is 25.4. The zero-order valence-corrected chi connectivity index (χ0v) is 16.3. The minimum Gasteiger partial charge on any atom is -0.496 e. The Kier molecular flexibility index (Phi) is 6.15. The van der Waals surface area contributed by atoms with Crippen LogP contribution in [0.4, 0.5) is 4.39 Å². The fourth-order valence-corrected chi connectivity index (χ4v) is 3.92. The average molecular weight is 403 g/mol. The molecule has 0 amide bonds. The molecule has 0 saturated carbocycles. The Morgan fingerprint density at radius 2 is 1.96 bits per heavy atom. The highest BCUT2D eigenvalue weighted by molar-refractivity contribution is 6.31. The van der Waals surface area contributed by atoms with Gasteiger partial charge in [-0.25, -0.2) is 4.39 Å². The normalized spacial score (nSPS) is 19.1. The SMILES string of the molecule is CCOC(=O)[C@H]1C(=O)C=C(c2ccccc2OC)C[C@@H]1c1c(F)cccc1Cl. The van der Waals surface area contributed by atoms with Crippen molar-refractivity contribution in [1.82, 2.24) is 0 Å². The molecule has 0 heterocycles. The maximum Gasteiger partial charge on any atom is 0.317 e. The lowest BCUT2D eigenvalue weighted by Crippen LogP contribution is -2.34. The number of allylic oxidation sites excluding steroid dienone is 2. The summed E-state index contributed by atoms with van der Waals surface area (Å²) in [5, 5.41) is 0.174. The van der Waals surface area contributed by atoms with E-state index in [4.69, 9.17) is 21.1 Å². The van der Waals surface area contributed by atoms with Gasteiger partial charge in [0.1, 0.15) is 17.5 Å². The number of ether oxygens (including phenoxy) is 2. The van der Waals surface area contributed by atoms with Crippen LogP contribution >= 0.6 is 11.6 Å². The summed E-state index contributed by atoms with van der Waals surface area (Å²) in [5.74, 6) is -2.99. The number of carbonyl (C=O) groups excluding carboxylic acids is 2. The third kappa shape index (κ3) is 3.80. The predicted molar refractivity (Wildman–Crippen MR) is 105 cm³/mol. The van der Waals surface area contributed by atoms with Gasteiger partial charge < -0.3 is 9.47 Å². The van der Waals surface area contributed by atoms with E-state index in [0.29, 0.717) is 11.3 Å². The second-order valence-electron chi connectivity index (χ2n) is 6.45. The number of para-hydroxylation sites is 1. The molecule has 0 saturated heterocycles. The minimum atomic E-state index is -1.15. The van der Waals surface area contributed by atoms with E-state index in [-0.39, 0.29) is 23.6 Å². The van der Waals surface area contributed by atoms with Crippen molar-refractivity contribution in [1.29, 1.82) is 0 Å². The van der Waals surface area contributed by atoms with Crippen molar-refractivity contribution in [3.63, 3.8) is 0 Å². The van der Waals surface area contributed by atoms with Crippen LogP contribution in [0.2, 0.25) is 5.02 Å². The van der Waals surface area contributed by atoms with Crippen LogP contribution < -0.4 is 4.74 Å². The summed E-state index contributed by atoms with van der Waals surface area (Å²) >= 11 is 6.26. The quantitative estimate of drug-likeness (QED) is 0.532. The maximum atomic E-state index is 14.7. The van der Waals surface area contributed by atoms with Crippen molar-refractivity contribution >= 4 is 28.9 Å². The number of benzene rings is 2. The molecule has 0 bridgehead atoms. The molecule has 2 aromatic carbocycles. The minimum absolute atomic E-state index is 0.128. The summed E-state index contributed by atoms with van der Waals surface area (Å²) in [5.41, 5.74) is 1.53. The molecular weight excluding hydrogens is 383 g/mol. The Balaban J connectivity index is 2.13. The molecule has 4 nitrogen and oxygen atoms in total. The van der Waals surface area contributed by atoms with Gasteiger partial charge in [0.25, 0.3) is 0 Å². The van der Waals surface area contributed by atoms with Crippen LogP contribution in [0.3, 0.4) is 0 Å². The average Bonchev–Trinajstić information content (AvgIpc) is 2.67. The first-order valence-corrected chi connectivity index (χ1v) is 9.34. The molecule has 0 N–H and O–H groups in total. The molecule has 2 atom stereocenters. The van der Waals surface area contributed by atoms with Gasteiger partial charge in [-0.2, -0.15) is 0 Å². The van der Waals surface area contributed by atoms with Crippen molar-refractivity contribution in [2.75, 3.05) is 13.7 Å². The first-order valence-electron chi connectivity index (χ1n) is 8.96. The summed E-state index contributed by atoms with van der Waals surface area (Å²) in [7, 11) is 1.54. The number of halogens is 2. The smallest absolute Gasteiger partial charge is 0.317 e. The molecule has 28 heavy (non-hydrogen) atoms. The van der Waals surface area contributed by atoms with Crippen molar-refractivity contribution < 1.29 is 23.5 Å². The molecule has 146 valence electrons. The third-order valence-electron chi connectivity index (χ3n) is 4.83. The summed E-state index contributed by atoms with van der Waals surface area (Å²) < 4.78 is 25.1. The van der Waals surface area contributed by atoms with E-state index in [1.165, 1.54) is 25.3 Å². The second kappa shape index (κ2) is 8.57. The van der Waals surface area contributed by atoms with Crippen LogP contribution in [0.5, 0.6) is 5.75 Å². The maximum absolute atomic E-state index is 14.7. The van der Waals surface area contributed by atoms with Gasteiger partial charge in [-0.05, 0) is 43.2 Å². The van der Waals surface area contributed by atoms with Gasteiger partial charge in [0.2, 0.25) is 0 Å². The number of methoxy groups -OCH3 is 1. The predicted octanol–water partition coefficient (Wildman–Crippen LogP) is 4.81. The van der Waals surface area contributed by atoms with Crippen molar-refractivity contribution in [3.8, 4) is 5.75 Å². The highest BCUT2D eigenvalue weighted by Crippen LogP contribution is 2.44. The van der Waals surface area contributed by atoms with E-state index >= 15 is 0 Å². The number of ketones is 1. The molecule has 0 unspecified atom stereocenters. The van der Waals surface area contributed by atoms with Crippen LogP contribution in [-0.4, -0.2) is 25.5 Å². The van der Waals surface area contributed by atoms with Crippen molar-refractivity contribution in [2.24, 2.45) is 5.92 Å². The first kappa shape index (κ1) is 20.1. The highest BCUT2D eigenvalue weighted by atomic mass is 35.5. The van der Waals surface area contributed by atoms with Crippen molar-refractivity contribution in [3.05, 3.63) is 70.5 Å². The lowest BCUT2D eigenvalue weighted by atomic mass is 9.73. The molecule has 0 fully saturated rings. The summed E-state index contributed by atoms with van der Waals surface area (Å²) in [6.45, 7) is 1.79. The van der Waals surface area contributed by atoms with E-state index < -0.39 is 29.4 Å². The molecular formula is C22H20ClFO4. The molecule has 3 rings (SSSR count). The van der Waals surface area contributed by atoms with Crippen LogP contribution in [-0.2, 0) is 14.3 Å². The van der Waals surface area contributed by atoms with Gasteiger partial charge in [0, 0.05) is 22.1 Å². The van der Waals surface area contributed by atoms with Crippen molar-refractivity contribution in [2.45, 2.75) is 19.3 Å². The number of carbonyl (C=O) groups is 2. The van der Waals surface area contributed by atoms with E-state index in [1.807, 2.05) is 18.2 Å². The first-order chi connectivity index (χ1) is 13.5. The molecule has 1 aliphatic rings. The number of hydrogen-bond acceptors (Lipinski definition) is 4. The van der Waals surface area contributed by atoms with E-state index in [2.05, 4.69) is 0 Å². The van der Waals surface area contributed by atoms with Gasteiger partial charge in [0.05, 0.1) is 13.7 Å². The van der Waals surface area contributed by atoms with Gasteiger partial charge in [-0.15, -0.1) is 0 Å². The highest BCUT2D eigenvalue weighted by Gasteiger charge is 2.42. The number of hydrogen-bond donors (Lipinski definition) is 0. The molecule has 0 spiro atoms. The second-order valence-corrected chi connectivity index (χ2v) is 6.86. The third-order valence-corrected chi connectivity index (χ3v) is 5.16. The summed E-state index contributed by atoms with van der Waals surface area (Å²) in [6, 6.07) is 11.6. The Bertz CT molecular complexity index is 918.